The van der Waals surface area contributed by atoms with E-state index in [1.807, 2.05) is 12.1 Å². The number of carboxylic acid groups (broad SMARTS) is 1. The summed E-state index contributed by atoms with van der Waals surface area (Å²) in [6, 6.07) is 10.6. The number of aliphatic hydroxyl groups is 2. The minimum Gasteiger partial charge on any atom is -0.478 e. The summed E-state index contributed by atoms with van der Waals surface area (Å²) < 4.78 is 0. The molecule has 5 heteroatoms. The van der Waals surface area contributed by atoms with E-state index in [2.05, 4.69) is 0 Å². The van der Waals surface area contributed by atoms with Crippen molar-refractivity contribution in [2.24, 2.45) is 0 Å². The number of aromatic carboxylic acids is 1. The van der Waals surface area contributed by atoms with Crippen molar-refractivity contribution in [1.82, 2.24) is 0 Å². The van der Waals surface area contributed by atoms with E-state index < -0.39 is 12.1 Å². The van der Waals surface area contributed by atoms with E-state index in [9.17, 15) is 15.0 Å². The predicted molar refractivity (Wildman–Crippen MR) is 72.2 cm³/mol. The number of hydrogen-bond donors (Lipinski definition) is 3. The molecule has 0 aliphatic heterocycles. The van der Waals surface area contributed by atoms with Gasteiger partial charge in [0.15, 0.2) is 0 Å². The Bertz CT molecular complexity index is 597. The van der Waals surface area contributed by atoms with Crippen LogP contribution in [0.5, 0.6) is 0 Å². The van der Waals surface area contributed by atoms with Crippen molar-refractivity contribution in [3.05, 3.63) is 47.5 Å². The van der Waals surface area contributed by atoms with Crippen molar-refractivity contribution in [3.8, 4) is 0 Å². The summed E-state index contributed by atoms with van der Waals surface area (Å²) >= 11 is 0. The van der Waals surface area contributed by atoms with E-state index in [0.717, 1.165) is 5.39 Å². The van der Waals surface area contributed by atoms with Crippen LogP contribution in [0.3, 0.4) is 0 Å². The van der Waals surface area contributed by atoms with Crippen molar-refractivity contribution < 1.29 is 37.2 Å². The number of rotatable bonds is 5. The quantitative estimate of drug-likeness (QED) is 0.740. The minimum absolute atomic E-state index is 0. The Morgan fingerprint density at radius 3 is 2.50 bits per heavy atom. The Kier molecular flexibility index (Phi) is 6.17. The molecular formula is C15H16MnO4. The number of benzene rings is 2. The van der Waals surface area contributed by atoms with E-state index in [0.29, 0.717) is 23.8 Å². The zero-order valence-corrected chi connectivity index (χ0v) is 12.0. The van der Waals surface area contributed by atoms with Gasteiger partial charge in [-0.3, -0.25) is 0 Å². The maximum absolute atomic E-state index is 11.5. The molecule has 0 saturated carbocycles. The standard InChI is InChI=1S/C15H16O4.Mn/c16-9-3-6-13(17)12-8-7-10-4-1-2-5-11(10)14(12)15(18)19;/h1-2,4-5,7-8,13,16-17H,3,6,9H2,(H,18,19);. The summed E-state index contributed by atoms with van der Waals surface area (Å²) in [6.45, 7) is -0.0208. The fraction of sp³-hybridized carbons (Fsp3) is 0.267. The van der Waals surface area contributed by atoms with Crippen LogP contribution in [0.4, 0.5) is 0 Å². The Hall–Kier alpha value is -1.39. The molecule has 0 aromatic heterocycles. The molecule has 0 amide bonds. The molecule has 4 nitrogen and oxygen atoms in total. The minimum atomic E-state index is -1.05. The van der Waals surface area contributed by atoms with E-state index in [1.165, 1.54) is 0 Å². The second-order valence-corrected chi connectivity index (χ2v) is 4.44. The normalized spacial score (nSPS) is 11.9. The molecule has 1 radical (unpaired) electrons. The van der Waals surface area contributed by atoms with Crippen molar-refractivity contribution in [2.45, 2.75) is 18.9 Å². The molecule has 3 N–H and O–H groups in total. The van der Waals surface area contributed by atoms with E-state index in [4.69, 9.17) is 5.11 Å². The summed E-state index contributed by atoms with van der Waals surface area (Å²) in [6.07, 6.45) is -0.0924. The van der Waals surface area contributed by atoms with Crippen LogP contribution in [0.15, 0.2) is 36.4 Å². The van der Waals surface area contributed by atoms with E-state index >= 15 is 0 Å². The molecular weight excluding hydrogens is 299 g/mol. The van der Waals surface area contributed by atoms with Gasteiger partial charge in [-0.05, 0) is 29.2 Å². The van der Waals surface area contributed by atoms with Gasteiger partial charge >= 0.3 is 5.97 Å². The first-order chi connectivity index (χ1) is 9.15. The third-order valence-electron chi connectivity index (χ3n) is 3.17. The van der Waals surface area contributed by atoms with Crippen LogP contribution in [0.2, 0.25) is 0 Å². The molecule has 1 atom stereocenters. The first-order valence-corrected chi connectivity index (χ1v) is 6.19. The molecule has 0 spiro atoms. The van der Waals surface area contributed by atoms with Gasteiger partial charge in [-0.2, -0.15) is 0 Å². The fourth-order valence-corrected chi connectivity index (χ4v) is 2.24. The van der Waals surface area contributed by atoms with Gasteiger partial charge in [0.2, 0.25) is 0 Å². The Morgan fingerprint density at radius 1 is 1.15 bits per heavy atom. The molecule has 0 aliphatic rings. The van der Waals surface area contributed by atoms with Crippen LogP contribution in [0.1, 0.15) is 34.9 Å². The molecule has 0 saturated heterocycles. The summed E-state index contributed by atoms with van der Waals surface area (Å²) in [7, 11) is 0. The Morgan fingerprint density at radius 2 is 1.85 bits per heavy atom. The average molecular weight is 315 g/mol. The smallest absolute Gasteiger partial charge is 0.336 e. The second-order valence-electron chi connectivity index (χ2n) is 4.44. The van der Waals surface area contributed by atoms with E-state index in [1.54, 1.807) is 24.3 Å². The molecule has 0 heterocycles. The van der Waals surface area contributed by atoms with Crippen LogP contribution in [0.25, 0.3) is 10.8 Å². The predicted octanol–water partition coefficient (Wildman–Crippen LogP) is 2.34. The third kappa shape index (κ3) is 3.38. The van der Waals surface area contributed by atoms with Gasteiger partial charge in [-0.15, -0.1) is 0 Å². The van der Waals surface area contributed by atoms with Crippen LogP contribution in [-0.2, 0) is 17.1 Å². The van der Waals surface area contributed by atoms with Crippen molar-refractivity contribution in [3.63, 3.8) is 0 Å². The van der Waals surface area contributed by atoms with Gasteiger partial charge in [-0.1, -0.05) is 36.4 Å². The molecule has 2 aromatic carbocycles. The van der Waals surface area contributed by atoms with Crippen LogP contribution in [0, 0.1) is 0 Å². The van der Waals surface area contributed by atoms with Crippen LogP contribution < -0.4 is 0 Å². The van der Waals surface area contributed by atoms with Crippen molar-refractivity contribution in [2.75, 3.05) is 6.61 Å². The molecule has 1 unspecified atom stereocenters. The number of fused-ring (bicyclic) bond motifs is 1. The van der Waals surface area contributed by atoms with Crippen LogP contribution >= 0.6 is 0 Å². The number of aliphatic hydroxyl groups excluding tert-OH is 2. The number of carbonyl (C=O) groups is 1. The zero-order chi connectivity index (χ0) is 13.8. The van der Waals surface area contributed by atoms with Gasteiger partial charge in [0.05, 0.1) is 11.7 Å². The second kappa shape index (κ2) is 7.41. The molecule has 0 bridgehead atoms. The summed E-state index contributed by atoms with van der Waals surface area (Å²) in [5.41, 5.74) is 0.545. The number of carboxylic acids is 1. The average Bonchev–Trinajstić information content (AvgIpc) is 2.43. The zero-order valence-electron chi connectivity index (χ0n) is 10.8. The van der Waals surface area contributed by atoms with E-state index in [-0.39, 0.29) is 29.2 Å². The Balaban J connectivity index is 0.00000200. The maximum atomic E-state index is 11.5. The first-order valence-electron chi connectivity index (χ1n) is 6.19. The van der Waals surface area contributed by atoms with Gasteiger partial charge in [-0.25, -0.2) is 4.79 Å². The SMILES string of the molecule is O=C(O)c1c(C(O)CCCO)ccc2ccccc12.[Mn]. The Labute approximate surface area is 127 Å². The third-order valence-corrected chi connectivity index (χ3v) is 3.17. The summed E-state index contributed by atoms with van der Waals surface area (Å²) in [5, 5.41) is 29.7. The monoisotopic (exact) mass is 315 g/mol. The first kappa shape index (κ1) is 16.7. The number of hydrogen-bond acceptors (Lipinski definition) is 3. The molecule has 107 valence electrons. The summed E-state index contributed by atoms with van der Waals surface area (Å²) in [4.78, 5) is 11.5. The molecule has 2 aromatic rings. The largest absolute Gasteiger partial charge is 0.478 e. The molecule has 20 heavy (non-hydrogen) atoms. The summed E-state index contributed by atoms with van der Waals surface area (Å²) in [5.74, 6) is -1.05. The van der Waals surface area contributed by atoms with Gasteiger partial charge < -0.3 is 15.3 Å². The van der Waals surface area contributed by atoms with Crippen molar-refractivity contribution in [1.29, 1.82) is 0 Å². The van der Waals surface area contributed by atoms with Gasteiger partial charge in [0.25, 0.3) is 0 Å². The van der Waals surface area contributed by atoms with Crippen molar-refractivity contribution >= 4 is 16.7 Å². The topological polar surface area (TPSA) is 77.8 Å². The van der Waals surface area contributed by atoms with Crippen LogP contribution in [-0.4, -0.2) is 27.9 Å². The fourth-order valence-electron chi connectivity index (χ4n) is 2.24. The van der Waals surface area contributed by atoms with Gasteiger partial charge in [0.1, 0.15) is 0 Å². The molecule has 2 rings (SSSR count). The maximum Gasteiger partial charge on any atom is 0.336 e. The molecule has 0 fully saturated rings. The van der Waals surface area contributed by atoms with Gasteiger partial charge in [0, 0.05) is 23.7 Å². The molecule has 0 aliphatic carbocycles.